The molecule has 0 aliphatic rings. The Morgan fingerprint density at radius 3 is 2.11 bits per heavy atom. The molecule has 8 heteroatoms. The molecule has 0 aliphatic heterocycles. The van der Waals surface area contributed by atoms with Gasteiger partial charge in [0.05, 0.1) is 7.11 Å². The topological polar surface area (TPSA) is 93.7 Å². The highest BCUT2D eigenvalue weighted by Crippen LogP contribution is 2.17. The van der Waals surface area contributed by atoms with Gasteiger partial charge in [-0.2, -0.15) is 0 Å². The number of halogens is 1. The molecule has 0 spiro atoms. The monoisotopic (exact) mass is 396 g/mol. The lowest BCUT2D eigenvalue weighted by Gasteiger charge is -2.25. The second-order valence-electron chi connectivity index (χ2n) is 7.84. The van der Waals surface area contributed by atoms with Crippen LogP contribution in [0.2, 0.25) is 0 Å². The Labute approximate surface area is 165 Å². The van der Waals surface area contributed by atoms with Crippen LogP contribution in [-0.4, -0.2) is 36.7 Å². The number of benzene rings is 1. The van der Waals surface area contributed by atoms with Crippen LogP contribution >= 0.6 is 0 Å². The van der Waals surface area contributed by atoms with Crippen molar-refractivity contribution in [2.24, 2.45) is 5.92 Å². The van der Waals surface area contributed by atoms with Crippen LogP contribution < -0.4 is 10.6 Å². The van der Waals surface area contributed by atoms with Crippen molar-refractivity contribution in [3.05, 3.63) is 35.6 Å². The summed E-state index contributed by atoms with van der Waals surface area (Å²) in [5, 5.41) is 5.08. The first-order valence-corrected chi connectivity index (χ1v) is 9.06. The van der Waals surface area contributed by atoms with Crippen molar-refractivity contribution in [3.63, 3.8) is 0 Å². The van der Waals surface area contributed by atoms with Gasteiger partial charge in [-0.15, -0.1) is 0 Å². The number of methoxy groups -OCH3 is 1. The molecule has 0 radical (unpaired) electrons. The molecule has 0 aromatic heterocycles. The number of rotatable bonds is 7. The third-order valence-electron chi connectivity index (χ3n) is 3.64. The molecule has 0 fully saturated rings. The Morgan fingerprint density at radius 1 is 1.07 bits per heavy atom. The van der Waals surface area contributed by atoms with Gasteiger partial charge >= 0.3 is 12.1 Å². The third-order valence-corrected chi connectivity index (χ3v) is 3.64. The molecular formula is C20H29FN2O5. The van der Waals surface area contributed by atoms with E-state index in [4.69, 9.17) is 9.47 Å². The van der Waals surface area contributed by atoms with E-state index in [9.17, 15) is 18.8 Å². The van der Waals surface area contributed by atoms with Gasteiger partial charge in [0.15, 0.2) is 0 Å². The number of carbonyl (C=O) groups excluding carboxylic acids is 3. The first-order chi connectivity index (χ1) is 12.9. The first kappa shape index (κ1) is 23.4. The van der Waals surface area contributed by atoms with Crippen molar-refractivity contribution in [2.45, 2.75) is 58.7 Å². The van der Waals surface area contributed by atoms with Gasteiger partial charge in [-0.25, -0.2) is 14.0 Å². The second-order valence-corrected chi connectivity index (χ2v) is 7.84. The average Bonchev–Trinajstić information content (AvgIpc) is 2.57. The van der Waals surface area contributed by atoms with Crippen LogP contribution in [0, 0.1) is 11.7 Å². The largest absolute Gasteiger partial charge is 0.467 e. The van der Waals surface area contributed by atoms with E-state index in [0.717, 1.165) is 0 Å². The fourth-order valence-electron chi connectivity index (χ4n) is 2.46. The van der Waals surface area contributed by atoms with Crippen molar-refractivity contribution in [1.29, 1.82) is 0 Å². The van der Waals surface area contributed by atoms with Gasteiger partial charge < -0.3 is 20.1 Å². The lowest BCUT2D eigenvalue weighted by atomic mass is 10.0. The minimum absolute atomic E-state index is 0.118. The Morgan fingerprint density at radius 2 is 1.64 bits per heavy atom. The molecule has 28 heavy (non-hydrogen) atoms. The van der Waals surface area contributed by atoms with E-state index in [2.05, 4.69) is 10.6 Å². The van der Waals surface area contributed by atoms with Crippen LogP contribution in [0.3, 0.4) is 0 Å². The van der Waals surface area contributed by atoms with Crippen LogP contribution in [0.15, 0.2) is 24.3 Å². The number of carbonyl (C=O) groups is 3. The highest BCUT2D eigenvalue weighted by molar-refractivity contribution is 5.90. The lowest BCUT2D eigenvalue weighted by Crippen LogP contribution is -2.48. The number of alkyl carbamates (subject to hydrolysis) is 1. The van der Waals surface area contributed by atoms with Gasteiger partial charge in [0.2, 0.25) is 5.91 Å². The maximum Gasteiger partial charge on any atom is 0.408 e. The summed E-state index contributed by atoms with van der Waals surface area (Å²) >= 11 is 0. The molecule has 7 nitrogen and oxygen atoms in total. The van der Waals surface area contributed by atoms with E-state index in [-0.39, 0.29) is 5.92 Å². The van der Waals surface area contributed by atoms with E-state index in [1.54, 1.807) is 20.8 Å². The lowest BCUT2D eigenvalue weighted by molar-refractivity contribution is -0.145. The summed E-state index contributed by atoms with van der Waals surface area (Å²) in [6, 6.07) is 3.08. The molecule has 0 bridgehead atoms. The molecule has 1 rings (SSSR count). The van der Waals surface area contributed by atoms with Crippen molar-refractivity contribution in [2.75, 3.05) is 7.11 Å². The van der Waals surface area contributed by atoms with Gasteiger partial charge in [0.25, 0.3) is 0 Å². The fourth-order valence-corrected chi connectivity index (χ4v) is 2.46. The van der Waals surface area contributed by atoms with E-state index in [0.29, 0.717) is 12.0 Å². The van der Waals surface area contributed by atoms with Gasteiger partial charge in [-0.05, 0) is 50.8 Å². The van der Waals surface area contributed by atoms with Crippen LogP contribution in [-0.2, 0) is 19.1 Å². The molecule has 1 aromatic rings. The molecule has 0 saturated carbocycles. The highest BCUT2D eigenvalue weighted by Gasteiger charge is 2.30. The zero-order valence-corrected chi connectivity index (χ0v) is 17.2. The summed E-state index contributed by atoms with van der Waals surface area (Å²) in [7, 11) is 1.23. The highest BCUT2D eigenvalue weighted by atomic mass is 19.1. The van der Waals surface area contributed by atoms with E-state index in [1.165, 1.54) is 31.4 Å². The van der Waals surface area contributed by atoms with E-state index < -0.39 is 41.5 Å². The van der Waals surface area contributed by atoms with Crippen LogP contribution in [0.1, 0.15) is 52.6 Å². The summed E-state index contributed by atoms with van der Waals surface area (Å²) in [5.41, 5.74) is -0.418. The maximum absolute atomic E-state index is 13.3. The molecule has 0 aliphatic carbocycles. The maximum atomic E-state index is 13.3. The van der Waals surface area contributed by atoms with Crippen molar-refractivity contribution in [3.8, 4) is 0 Å². The quantitative estimate of drug-likeness (QED) is 0.691. The van der Waals surface area contributed by atoms with Crippen molar-refractivity contribution in [1.82, 2.24) is 10.6 Å². The van der Waals surface area contributed by atoms with Crippen LogP contribution in [0.4, 0.5) is 9.18 Å². The molecule has 2 atom stereocenters. The number of amides is 2. The standard InChI is InChI=1S/C20H29FN2O5/c1-12(2)11-15(18(25)27-6)22-17(24)16(13-7-9-14(21)10-8-13)23-19(26)28-20(3,4)5/h7-10,12,15-16H,11H2,1-6H3,(H,22,24)(H,23,26)/t15-,16+/m0/s1. The zero-order valence-electron chi connectivity index (χ0n) is 17.2. The Bertz CT molecular complexity index is 683. The zero-order chi connectivity index (χ0) is 21.5. The van der Waals surface area contributed by atoms with Gasteiger partial charge in [0.1, 0.15) is 23.5 Å². The predicted octanol–water partition coefficient (Wildman–Crippen LogP) is 3.10. The number of hydrogen-bond acceptors (Lipinski definition) is 5. The molecule has 0 heterocycles. The predicted molar refractivity (Wildman–Crippen MR) is 102 cm³/mol. The molecule has 156 valence electrons. The minimum atomic E-state index is -1.17. The Hall–Kier alpha value is -2.64. The number of hydrogen-bond donors (Lipinski definition) is 2. The molecule has 2 N–H and O–H groups in total. The molecule has 0 saturated heterocycles. The van der Waals surface area contributed by atoms with Crippen LogP contribution in [0.5, 0.6) is 0 Å². The van der Waals surface area contributed by atoms with Crippen LogP contribution in [0.25, 0.3) is 0 Å². The van der Waals surface area contributed by atoms with E-state index >= 15 is 0 Å². The smallest absolute Gasteiger partial charge is 0.408 e. The van der Waals surface area contributed by atoms with Crippen molar-refractivity contribution >= 4 is 18.0 Å². The molecular weight excluding hydrogens is 367 g/mol. The summed E-state index contributed by atoms with van der Waals surface area (Å²) < 4.78 is 23.2. The summed E-state index contributed by atoms with van der Waals surface area (Å²) in [6.07, 6.45) is -0.448. The SMILES string of the molecule is COC(=O)[C@H](CC(C)C)NC(=O)[C@H](NC(=O)OC(C)(C)C)c1ccc(F)cc1. The molecule has 1 aromatic carbocycles. The van der Waals surface area contributed by atoms with Gasteiger partial charge in [0, 0.05) is 0 Å². The molecule has 0 unspecified atom stereocenters. The summed E-state index contributed by atoms with van der Waals surface area (Å²) in [4.78, 5) is 37.0. The minimum Gasteiger partial charge on any atom is -0.467 e. The average molecular weight is 396 g/mol. The fraction of sp³-hybridized carbons (Fsp3) is 0.550. The normalized spacial score (nSPS) is 13.4. The summed E-state index contributed by atoms with van der Waals surface area (Å²) in [6.45, 7) is 8.87. The number of esters is 1. The van der Waals surface area contributed by atoms with Crippen molar-refractivity contribution < 1.29 is 28.2 Å². The van der Waals surface area contributed by atoms with Gasteiger partial charge in [-0.3, -0.25) is 4.79 Å². The third kappa shape index (κ3) is 7.94. The Kier molecular flexibility index (Phi) is 8.40. The molecule has 2 amide bonds. The first-order valence-electron chi connectivity index (χ1n) is 9.06. The summed E-state index contributed by atoms with van der Waals surface area (Å²) in [5.74, 6) is -1.58. The Balaban J connectivity index is 3.08. The van der Waals surface area contributed by atoms with Gasteiger partial charge in [-0.1, -0.05) is 26.0 Å². The number of nitrogens with one attached hydrogen (secondary N) is 2. The second kappa shape index (κ2) is 10.1. The number of ether oxygens (including phenoxy) is 2. The van der Waals surface area contributed by atoms with E-state index in [1.807, 2.05) is 13.8 Å².